The summed E-state index contributed by atoms with van der Waals surface area (Å²) in [7, 11) is 0. The van der Waals surface area contributed by atoms with Gasteiger partial charge in [0, 0.05) is 12.6 Å². The van der Waals surface area contributed by atoms with Crippen molar-refractivity contribution in [3.63, 3.8) is 0 Å². The summed E-state index contributed by atoms with van der Waals surface area (Å²) in [5.74, 6) is 0.296. The van der Waals surface area contributed by atoms with Crippen LogP contribution in [-0.2, 0) is 4.74 Å². The van der Waals surface area contributed by atoms with Crippen molar-refractivity contribution in [1.82, 2.24) is 10.6 Å². The zero-order chi connectivity index (χ0) is 16.2. The van der Waals surface area contributed by atoms with Crippen LogP contribution in [0.25, 0.3) is 0 Å². The fraction of sp³-hybridized carbons (Fsp3) is 0.941. The molecule has 1 saturated carbocycles. The van der Waals surface area contributed by atoms with E-state index in [9.17, 15) is 9.90 Å². The Labute approximate surface area is 134 Å². The molecule has 3 N–H and O–H groups in total. The van der Waals surface area contributed by atoms with E-state index < -0.39 is 5.60 Å². The van der Waals surface area contributed by atoms with Gasteiger partial charge in [-0.15, -0.1) is 0 Å². The fourth-order valence-electron chi connectivity index (χ4n) is 3.89. The first kappa shape index (κ1) is 17.5. The number of hydrogen-bond donors (Lipinski definition) is 3. The molecule has 1 heterocycles. The summed E-state index contributed by atoms with van der Waals surface area (Å²) in [6.45, 7) is 6.24. The van der Waals surface area contributed by atoms with E-state index in [0.29, 0.717) is 12.5 Å². The molecule has 5 nitrogen and oxygen atoms in total. The highest BCUT2D eigenvalue weighted by atomic mass is 16.5. The van der Waals surface area contributed by atoms with Crippen LogP contribution in [-0.4, -0.2) is 41.5 Å². The minimum absolute atomic E-state index is 0.151. The Bertz CT molecular complexity index is 357. The molecule has 2 rings (SSSR count). The summed E-state index contributed by atoms with van der Waals surface area (Å²) in [5, 5.41) is 16.5. The topological polar surface area (TPSA) is 70.6 Å². The Balaban J connectivity index is 1.74. The first-order valence-corrected chi connectivity index (χ1v) is 8.79. The number of ether oxygens (including phenoxy) is 1. The zero-order valence-corrected chi connectivity index (χ0v) is 14.2. The molecule has 0 aromatic carbocycles. The van der Waals surface area contributed by atoms with Crippen LogP contribution in [0.1, 0.15) is 65.7 Å². The van der Waals surface area contributed by atoms with Crippen molar-refractivity contribution in [3.05, 3.63) is 0 Å². The molecule has 22 heavy (non-hydrogen) atoms. The molecule has 2 amide bonds. The fourth-order valence-corrected chi connectivity index (χ4v) is 3.89. The maximum absolute atomic E-state index is 12.1. The van der Waals surface area contributed by atoms with Gasteiger partial charge in [0.25, 0.3) is 0 Å². The number of aliphatic hydroxyl groups is 1. The zero-order valence-electron chi connectivity index (χ0n) is 14.2. The van der Waals surface area contributed by atoms with Gasteiger partial charge in [-0.2, -0.15) is 0 Å². The molecule has 128 valence electrons. The third kappa shape index (κ3) is 5.13. The van der Waals surface area contributed by atoms with E-state index in [1.807, 2.05) is 20.8 Å². The number of amides is 2. The molecule has 1 aliphatic heterocycles. The van der Waals surface area contributed by atoms with E-state index in [4.69, 9.17) is 4.74 Å². The molecule has 1 aliphatic carbocycles. The number of carbonyl (C=O) groups is 1. The van der Waals surface area contributed by atoms with Crippen LogP contribution >= 0.6 is 0 Å². The highest BCUT2D eigenvalue weighted by molar-refractivity contribution is 5.74. The summed E-state index contributed by atoms with van der Waals surface area (Å²) in [5.41, 5.74) is -0.811. The van der Waals surface area contributed by atoms with Crippen molar-refractivity contribution in [2.24, 2.45) is 5.92 Å². The van der Waals surface area contributed by atoms with Gasteiger partial charge in [-0.05, 0) is 52.4 Å². The SMILES string of the molecule is C[C@@H]1CC(NC(=O)NC[C@@](C)(O)C2CCCCC2)C[C@H](C)O1. The van der Waals surface area contributed by atoms with Gasteiger partial charge in [0.2, 0.25) is 0 Å². The van der Waals surface area contributed by atoms with Gasteiger partial charge in [-0.1, -0.05) is 19.3 Å². The minimum Gasteiger partial charge on any atom is -0.388 e. The Morgan fingerprint density at radius 1 is 1.18 bits per heavy atom. The Morgan fingerprint density at radius 3 is 2.36 bits per heavy atom. The molecule has 0 radical (unpaired) electrons. The number of urea groups is 1. The molecule has 0 bridgehead atoms. The number of hydrogen-bond acceptors (Lipinski definition) is 3. The number of nitrogens with one attached hydrogen (secondary N) is 2. The monoisotopic (exact) mass is 312 g/mol. The van der Waals surface area contributed by atoms with E-state index in [0.717, 1.165) is 25.7 Å². The van der Waals surface area contributed by atoms with Gasteiger partial charge in [-0.3, -0.25) is 0 Å². The average Bonchev–Trinajstić information content (AvgIpc) is 2.45. The van der Waals surface area contributed by atoms with Crippen molar-refractivity contribution in [2.45, 2.75) is 89.6 Å². The standard InChI is InChI=1S/C17H32N2O3/c1-12-9-15(10-13(2)22-12)19-16(20)18-11-17(3,21)14-7-5-4-6-8-14/h12-15,21H,4-11H2,1-3H3,(H2,18,19,20)/t12-,13+,15?,17-/m1/s1. The van der Waals surface area contributed by atoms with E-state index in [1.165, 1.54) is 19.3 Å². The molecular weight excluding hydrogens is 280 g/mol. The van der Waals surface area contributed by atoms with Crippen LogP contribution in [0.2, 0.25) is 0 Å². The summed E-state index contributed by atoms with van der Waals surface area (Å²) >= 11 is 0. The highest BCUT2D eigenvalue weighted by Crippen LogP contribution is 2.32. The third-order valence-corrected chi connectivity index (χ3v) is 5.12. The lowest BCUT2D eigenvalue weighted by atomic mass is 9.78. The van der Waals surface area contributed by atoms with Gasteiger partial charge >= 0.3 is 6.03 Å². The minimum atomic E-state index is -0.811. The average molecular weight is 312 g/mol. The van der Waals surface area contributed by atoms with Gasteiger partial charge in [0.1, 0.15) is 0 Å². The van der Waals surface area contributed by atoms with Crippen LogP contribution < -0.4 is 10.6 Å². The summed E-state index contributed by atoms with van der Waals surface area (Å²) in [6, 6.07) is -0.0271. The van der Waals surface area contributed by atoms with Crippen molar-refractivity contribution >= 4 is 6.03 Å². The molecule has 0 aromatic rings. The summed E-state index contributed by atoms with van der Waals surface area (Å²) in [6.07, 6.45) is 7.80. The van der Waals surface area contributed by atoms with Crippen molar-refractivity contribution in [3.8, 4) is 0 Å². The maximum atomic E-state index is 12.1. The lowest BCUT2D eigenvalue weighted by molar-refractivity contribution is -0.0406. The van der Waals surface area contributed by atoms with Crippen LogP contribution in [0.15, 0.2) is 0 Å². The predicted molar refractivity (Wildman–Crippen MR) is 86.8 cm³/mol. The maximum Gasteiger partial charge on any atom is 0.315 e. The van der Waals surface area contributed by atoms with Gasteiger partial charge in [-0.25, -0.2) is 4.79 Å². The predicted octanol–water partition coefficient (Wildman–Crippen LogP) is 2.57. The molecule has 1 saturated heterocycles. The van der Waals surface area contributed by atoms with E-state index in [1.54, 1.807) is 0 Å². The first-order chi connectivity index (χ1) is 10.4. The summed E-state index contributed by atoms with van der Waals surface area (Å²) < 4.78 is 5.68. The van der Waals surface area contributed by atoms with Gasteiger partial charge in [0.05, 0.1) is 17.8 Å². The Kier molecular flexibility index (Phi) is 6.09. The molecular formula is C17H32N2O3. The van der Waals surface area contributed by atoms with Crippen molar-refractivity contribution in [1.29, 1.82) is 0 Å². The lowest BCUT2D eigenvalue weighted by Gasteiger charge is -2.36. The van der Waals surface area contributed by atoms with Gasteiger partial charge < -0.3 is 20.5 Å². The van der Waals surface area contributed by atoms with E-state index >= 15 is 0 Å². The number of carbonyl (C=O) groups excluding carboxylic acids is 1. The number of rotatable bonds is 4. The van der Waals surface area contributed by atoms with Crippen LogP contribution in [0.3, 0.4) is 0 Å². The Hall–Kier alpha value is -0.810. The molecule has 4 atom stereocenters. The second kappa shape index (κ2) is 7.64. The molecule has 5 heteroatoms. The largest absolute Gasteiger partial charge is 0.388 e. The third-order valence-electron chi connectivity index (χ3n) is 5.12. The van der Waals surface area contributed by atoms with Crippen molar-refractivity contribution < 1.29 is 14.6 Å². The van der Waals surface area contributed by atoms with E-state index in [2.05, 4.69) is 10.6 Å². The molecule has 2 fully saturated rings. The first-order valence-electron chi connectivity index (χ1n) is 8.79. The lowest BCUT2D eigenvalue weighted by Crippen LogP contribution is -2.52. The van der Waals surface area contributed by atoms with Crippen LogP contribution in [0, 0.1) is 5.92 Å². The summed E-state index contributed by atoms with van der Waals surface area (Å²) in [4.78, 5) is 12.1. The highest BCUT2D eigenvalue weighted by Gasteiger charge is 2.33. The van der Waals surface area contributed by atoms with Crippen molar-refractivity contribution in [2.75, 3.05) is 6.54 Å². The van der Waals surface area contributed by atoms with E-state index in [-0.39, 0.29) is 24.3 Å². The smallest absolute Gasteiger partial charge is 0.315 e. The van der Waals surface area contributed by atoms with Gasteiger partial charge in [0.15, 0.2) is 0 Å². The molecule has 0 spiro atoms. The molecule has 1 unspecified atom stereocenters. The second-order valence-corrected chi connectivity index (χ2v) is 7.44. The van der Waals surface area contributed by atoms with Crippen LogP contribution in [0.5, 0.6) is 0 Å². The normalized spacial score (nSPS) is 33.0. The molecule has 2 aliphatic rings. The molecule has 0 aromatic heterocycles. The quantitative estimate of drug-likeness (QED) is 0.747. The second-order valence-electron chi connectivity index (χ2n) is 7.44. The Morgan fingerprint density at radius 2 is 1.77 bits per heavy atom. The van der Waals surface area contributed by atoms with Crippen LogP contribution in [0.4, 0.5) is 4.79 Å².